The molecule has 1 aliphatic rings. The minimum absolute atomic E-state index is 0.174. The average Bonchev–Trinajstić information content (AvgIpc) is 2.60. The normalized spacial score (nSPS) is 23.3. The lowest BCUT2D eigenvalue weighted by atomic mass is 9.75. The van der Waals surface area contributed by atoms with Crippen molar-refractivity contribution in [1.82, 2.24) is 10.2 Å². The van der Waals surface area contributed by atoms with Crippen molar-refractivity contribution in [2.24, 2.45) is 0 Å². The molecule has 0 aromatic heterocycles. The van der Waals surface area contributed by atoms with Gasteiger partial charge in [0, 0.05) is 18.5 Å². The molecule has 0 aliphatic heterocycles. The third-order valence-electron chi connectivity index (χ3n) is 5.36. The first kappa shape index (κ1) is 19.4. The smallest absolute Gasteiger partial charge is 0.303 e. The highest BCUT2D eigenvalue weighted by atomic mass is 16.5. The van der Waals surface area contributed by atoms with Crippen LogP contribution in [0, 0.1) is 0 Å². The van der Waals surface area contributed by atoms with Crippen LogP contribution in [0.25, 0.3) is 0 Å². The molecule has 1 aromatic carbocycles. The molecule has 0 radical (unpaired) electrons. The molecule has 0 saturated heterocycles. The maximum atomic E-state index is 11.8. The largest absolute Gasteiger partial charge is 0.456 e. The molecule has 0 bridgehead atoms. The first-order valence-corrected chi connectivity index (χ1v) is 9.05. The Labute approximate surface area is 150 Å². The van der Waals surface area contributed by atoms with Gasteiger partial charge in [0.25, 0.3) is 5.91 Å². The van der Waals surface area contributed by atoms with Gasteiger partial charge < -0.3 is 15.0 Å². The molecular weight excluding hydrogens is 316 g/mol. The van der Waals surface area contributed by atoms with E-state index in [2.05, 4.69) is 54.6 Å². The summed E-state index contributed by atoms with van der Waals surface area (Å²) in [6.45, 7) is 1.13. The Hall–Kier alpha value is -1.88. The highest BCUT2D eigenvalue weighted by Gasteiger charge is 2.37. The Kier molecular flexibility index (Phi) is 7.00. The maximum Gasteiger partial charge on any atom is 0.303 e. The number of esters is 1. The third-order valence-corrected chi connectivity index (χ3v) is 5.36. The fourth-order valence-corrected chi connectivity index (χ4v) is 3.68. The van der Waals surface area contributed by atoms with E-state index in [4.69, 9.17) is 4.74 Å². The molecule has 5 heteroatoms. The fourth-order valence-electron chi connectivity index (χ4n) is 3.68. The summed E-state index contributed by atoms with van der Waals surface area (Å²) in [4.78, 5) is 25.0. The van der Waals surface area contributed by atoms with Gasteiger partial charge in [-0.05, 0) is 58.2 Å². The van der Waals surface area contributed by atoms with E-state index >= 15 is 0 Å². The number of hydrogen-bond acceptors (Lipinski definition) is 4. The second-order valence-electron chi connectivity index (χ2n) is 7.23. The zero-order valence-corrected chi connectivity index (χ0v) is 15.6. The van der Waals surface area contributed by atoms with Crippen molar-refractivity contribution in [3.05, 3.63) is 35.9 Å². The Morgan fingerprint density at radius 1 is 1.20 bits per heavy atom. The van der Waals surface area contributed by atoms with Crippen LogP contribution in [-0.4, -0.2) is 49.1 Å². The van der Waals surface area contributed by atoms with Gasteiger partial charge in [-0.3, -0.25) is 9.59 Å². The van der Waals surface area contributed by atoms with Crippen molar-refractivity contribution in [2.45, 2.75) is 57.0 Å². The quantitative estimate of drug-likeness (QED) is 0.771. The molecule has 1 N–H and O–H groups in total. The zero-order valence-electron chi connectivity index (χ0n) is 15.6. The number of ether oxygens (including phenoxy) is 1. The zero-order chi connectivity index (χ0) is 18.3. The van der Waals surface area contributed by atoms with Crippen LogP contribution in [0.5, 0.6) is 0 Å². The lowest BCUT2D eigenvalue weighted by Crippen LogP contribution is -2.51. The van der Waals surface area contributed by atoms with E-state index < -0.39 is 5.97 Å². The van der Waals surface area contributed by atoms with Crippen molar-refractivity contribution in [2.75, 3.05) is 20.7 Å². The molecule has 0 heterocycles. The van der Waals surface area contributed by atoms with E-state index in [1.54, 1.807) is 0 Å². The summed E-state index contributed by atoms with van der Waals surface area (Å²) in [5, 5.41) is 2.99. The summed E-state index contributed by atoms with van der Waals surface area (Å²) < 4.78 is 4.75. The number of nitrogens with one attached hydrogen (secondary N) is 1. The molecule has 5 nitrogen and oxygen atoms in total. The number of carbonyl (C=O) groups is 2. The number of rotatable bonds is 7. The van der Waals surface area contributed by atoms with Gasteiger partial charge in [0.15, 0.2) is 6.61 Å². The highest BCUT2D eigenvalue weighted by molar-refractivity contribution is 5.80. The van der Waals surface area contributed by atoms with Crippen LogP contribution in [0.2, 0.25) is 0 Å². The van der Waals surface area contributed by atoms with Gasteiger partial charge >= 0.3 is 5.97 Å². The minimum atomic E-state index is -0.425. The predicted molar refractivity (Wildman–Crippen MR) is 98.2 cm³/mol. The molecule has 0 spiro atoms. The second kappa shape index (κ2) is 8.99. The number of nitrogens with zero attached hydrogens (tertiary/aromatic N) is 1. The predicted octanol–water partition coefficient (Wildman–Crippen LogP) is 2.54. The van der Waals surface area contributed by atoms with E-state index in [0.29, 0.717) is 0 Å². The van der Waals surface area contributed by atoms with Crippen LogP contribution in [0.1, 0.15) is 44.6 Å². The van der Waals surface area contributed by atoms with Gasteiger partial charge in [0.2, 0.25) is 0 Å². The Bertz CT molecular complexity index is 564. The molecule has 1 aromatic rings. The van der Waals surface area contributed by atoms with E-state index in [9.17, 15) is 9.59 Å². The summed E-state index contributed by atoms with van der Waals surface area (Å²) in [7, 11) is 4.31. The maximum absolute atomic E-state index is 11.8. The summed E-state index contributed by atoms with van der Waals surface area (Å²) in [6, 6.07) is 10.8. The van der Waals surface area contributed by atoms with Crippen molar-refractivity contribution >= 4 is 11.9 Å². The molecule has 1 aliphatic carbocycles. The van der Waals surface area contributed by atoms with Gasteiger partial charge in [-0.25, -0.2) is 0 Å². The Morgan fingerprint density at radius 2 is 1.84 bits per heavy atom. The van der Waals surface area contributed by atoms with Crippen molar-refractivity contribution in [3.63, 3.8) is 0 Å². The number of amides is 1. The Balaban J connectivity index is 1.85. The summed E-state index contributed by atoms with van der Waals surface area (Å²) in [5.41, 5.74) is 1.56. The van der Waals surface area contributed by atoms with Crippen LogP contribution in [0.4, 0.5) is 0 Å². The van der Waals surface area contributed by atoms with Gasteiger partial charge in [-0.15, -0.1) is 0 Å². The van der Waals surface area contributed by atoms with E-state index in [1.165, 1.54) is 12.5 Å². The first-order valence-electron chi connectivity index (χ1n) is 9.05. The van der Waals surface area contributed by atoms with Crippen molar-refractivity contribution in [1.29, 1.82) is 0 Å². The third kappa shape index (κ3) is 5.85. The van der Waals surface area contributed by atoms with Crippen molar-refractivity contribution in [3.8, 4) is 0 Å². The lowest BCUT2D eigenvalue weighted by molar-refractivity contribution is -0.146. The van der Waals surface area contributed by atoms with Crippen LogP contribution in [0.3, 0.4) is 0 Å². The summed E-state index contributed by atoms with van der Waals surface area (Å²) >= 11 is 0. The van der Waals surface area contributed by atoms with E-state index in [-0.39, 0.29) is 24.1 Å². The highest BCUT2D eigenvalue weighted by Crippen LogP contribution is 2.36. The van der Waals surface area contributed by atoms with E-state index in [1.807, 2.05) is 0 Å². The molecule has 1 saturated carbocycles. The van der Waals surface area contributed by atoms with Gasteiger partial charge in [-0.1, -0.05) is 30.3 Å². The second-order valence-corrected chi connectivity index (χ2v) is 7.23. The monoisotopic (exact) mass is 346 g/mol. The van der Waals surface area contributed by atoms with Crippen LogP contribution in [-0.2, 0) is 20.7 Å². The average molecular weight is 346 g/mol. The van der Waals surface area contributed by atoms with Gasteiger partial charge in [0.05, 0.1) is 0 Å². The number of carbonyl (C=O) groups excluding carboxylic acids is 2. The molecule has 25 heavy (non-hydrogen) atoms. The van der Waals surface area contributed by atoms with Crippen LogP contribution < -0.4 is 5.32 Å². The molecule has 0 atom stereocenters. The summed E-state index contributed by atoms with van der Waals surface area (Å²) in [6.07, 6.45) is 6.23. The summed E-state index contributed by atoms with van der Waals surface area (Å²) in [5.74, 6) is -0.631. The minimum Gasteiger partial charge on any atom is -0.456 e. The van der Waals surface area contributed by atoms with Gasteiger partial charge in [-0.2, -0.15) is 0 Å². The number of aryl methyl sites for hydroxylation is 1. The topological polar surface area (TPSA) is 58.6 Å². The lowest BCUT2D eigenvalue weighted by Gasteiger charge is -2.45. The molecule has 0 unspecified atom stereocenters. The SMILES string of the molecule is CC(=O)OCC(=O)NC1CCC(CCc2ccccc2)(N(C)C)CC1. The Morgan fingerprint density at radius 3 is 2.40 bits per heavy atom. The molecule has 2 rings (SSSR count). The van der Waals surface area contributed by atoms with Gasteiger partial charge in [0.1, 0.15) is 0 Å². The molecular formula is C20H30N2O3. The van der Waals surface area contributed by atoms with E-state index in [0.717, 1.165) is 38.5 Å². The van der Waals surface area contributed by atoms with Crippen LogP contribution in [0.15, 0.2) is 30.3 Å². The van der Waals surface area contributed by atoms with Crippen LogP contribution >= 0.6 is 0 Å². The number of hydrogen-bond donors (Lipinski definition) is 1. The molecule has 138 valence electrons. The fraction of sp³-hybridized carbons (Fsp3) is 0.600. The first-order chi connectivity index (χ1) is 11.9. The van der Waals surface area contributed by atoms with Crippen molar-refractivity contribution < 1.29 is 14.3 Å². The number of benzene rings is 1. The standard InChI is InChI=1S/C20H30N2O3/c1-16(23)25-15-19(24)21-18-10-13-20(14-11-18,22(2)3)12-9-17-7-5-4-6-8-17/h4-8,18H,9-15H2,1-3H3,(H,21,24). The molecule has 1 amide bonds. The molecule has 1 fully saturated rings.